The third-order valence-electron chi connectivity index (χ3n) is 6.28. The number of aromatic nitrogens is 3. The van der Waals surface area contributed by atoms with Gasteiger partial charge in [0.1, 0.15) is 5.01 Å². The predicted octanol–water partition coefficient (Wildman–Crippen LogP) is 5.60. The van der Waals surface area contributed by atoms with Gasteiger partial charge in [0, 0.05) is 43.3 Å². The molecule has 6 nitrogen and oxygen atoms in total. The number of amides is 1. The second-order valence-corrected chi connectivity index (χ2v) is 10.0. The Bertz CT molecular complexity index is 1300. The molecule has 0 radical (unpaired) electrons. The van der Waals surface area contributed by atoms with E-state index in [1.165, 1.54) is 23.0 Å². The Morgan fingerprint density at radius 3 is 2.86 bits per heavy atom. The zero-order valence-corrected chi connectivity index (χ0v) is 20.8. The Kier molecular flexibility index (Phi) is 7.47. The Morgan fingerprint density at radius 2 is 2.00 bits per heavy atom. The Labute approximate surface area is 214 Å². The maximum Gasteiger partial charge on any atom is 0.253 e. The van der Waals surface area contributed by atoms with Gasteiger partial charge in [-0.3, -0.25) is 19.7 Å². The van der Waals surface area contributed by atoms with Crippen molar-refractivity contribution >= 4 is 28.8 Å². The van der Waals surface area contributed by atoms with E-state index in [9.17, 15) is 4.79 Å². The molecule has 1 atom stereocenters. The van der Waals surface area contributed by atoms with Crippen molar-refractivity contribution < 1.29 is 4.79 Å². The summed E-state index contributed by atoms with van der Waals surface area (Å²) in [6, 6.07) is 14.5. The van der Waals surface area contributed by atoms with E-state index in [4.69, 9.17) is 16.6 Å². The van der Waals surface area contributed by atoms with Crippen LogP contribution in [0.5, 0.6) is 0 Å². The van der Waals surface area contributed by atoms with Crippen LogP contribution in [0.3, 0.4) is 0 Å². The van der Waals surface area contributed by atoms with E-state index < -0.39 is 0 Å². The minimum absolute atomic E-state index is 0.210. The van der Waals surface area contributed by atoms with E-state index in [1.807, 2.05) is 36.0 Å². The minimum Gasteiger partial charge on any atom is -0.348 e. The van der Waals surface area contributed by atoms with Crippen molar-refractivity contribution in [1.82, 2.24) is 25.2 Å². The quantitative estimate of drug-likeness (QED) is 0.339. The number of thiazole rings is 1. The van der Waals surface area contributed by atoms with E-state index >= 15 is 0 Å². The van der Waals surface area contributed by atoms with Gasteiger partial charge < -0.3 is 5.32 Å². The molecule has 1 aliphatic rings. The van der Waals surface area contributed by atoms with Gasteiger partial charge in [0.05, 0.1) is 28.9 Å². The molecule has 0 aliphatic heterocycles. The number of aryl methyl sites for hydroxylation is 1. The lowest BCUT2D eigenvalue weighted by Crippen LogP contribution is -2.31. The van der Waals surface area contributed by atoms with Gasteiger partial charge >= 0.3 is 0 Å². The van der Waals surface area contributed by atoms with Crippen molar-refractivity contribution in [3.8, 4) is 0 Å². The lowest BCUT2D eigenvalue weighted by molar-refractivity contribution is 0.0951. The van der Waals surface area contributed by atoms with Crippen molar-refractivity contribution in [2.75, 3.05) is 0 Å². The molecule has 8 heteroatoms. The summed E-state index contributed by atoms with van der Waals surface area (Å²) in [5, 5.41) is 6.44. The molecule has 3 aromatic heterocycles. The number of benzene rings is 1. The second kappa shape index (κ2) is 11.1. The van der Waals surface area contributed by atoms with Gasteiger partial charge in [-0.2, -0.15) is 0 Å². The second-order valence-electron chi connectivity index (χ2n) is 8.64. The summed E-state index contributed by atoms with van der Waals surface area (Å²) in [6.07, 6.45) is 10.1. The highest BCUT2D eigenvalue weighted by Gasteiger charge is 2.28. The molecule has 1 unspecified atom stereocenters. The zero-order valence-electron chi connectivity index (χ0n) is 19.2. The number of carbonyl (C=O) groups is 1. The molecule has 35 heavy (non-hydrogen) atoms. The first-order chi connectivity index (χ1) is 17.2. The van der Waals surface area contributed by atoms with Gasteiger partial charge in [-0.15, -0.1) is 11.3 Å². The number of carbonyl (C=O) groups excluding carboxylic acids is 1. The average Bonchev–Trinajstić information content (AvgIpc) is 3.40. The van der Waals surface area contributed by atoms with E-state index in [0.717, 1.165) is 42.9 Å². The van der Waals surface area contributed by atoms with E-state index in [0.29, 0.717) is 17.1 Å². The van der Waals surface area contributed by atoms with E-state index in [2.05, 4.69) is 38.4 Å². The summed E-state index contributed by atoms with van der Waals surface area (Å²) in [5.74, 6) is -0.210. The summed E-state index contributed by atoms with van der Waals surface area (Å²) in [6.45, 7) is 1.98. The molecule has 0 bridgehead atoms. The fourth-order valence-electron chi connectivity index (χ4n) is 4.63. The van der Waals surface area contributed by atoms with Gasteiger partial charge in [-0.05, 0) is 48.1 Å². The standard InChI is InChI=1S/C27H26ClN5OS/c28-23-16-29-11-9-22(23)27(34)32-15-19-4-1-5-20(14-19)17-33(18-25-30-12-13-35-25)24-8-2-6-21-7-3-10-31-26(21)24/h1,3-5,7,9-14,16,24H,2,6,8,15,17-18H2,(H,32,34). The summed E-state index contributed by atoms with van der Waals surface area (Å²) >= 11 is 7.80. The number of hydrogen-bond donors (Lipinski definition) is 1. The molecular formula is C27H26ClN5OS. The molecule has 178 valence electrons. The topological polar surface area (TPSA) is 71.0 Å². The number of rotatable bonds is 8. The van der Waals surface area contributed by atoms with Gasteiger partial charge in [0.25, 0.3) is 5.91 Å². The first-order valence-electron chi connectivity index (χ1n) is 11.7. The van der Waals surface area contributed by atoms with Gasteiger partial charge in [0.15, 0.2) is 0 Å². The highest BCUT2D eigenvalue weighted by molar-refractivity contribution is 7.09. The molecule has 1 amide bonds. The zero-order chi connectivity index (χ0) is 24.0. The van der Waals surface area contributed by atoms with Crippen LogP contribution in [0.4, 0.5) is 0 Å². The Balaban J connectivity index is 1.33. The third-order valence-corrected chi connectivity index (χ3v) is 7.34. The summed E-state index contributed by atoms with van der Waals surface area (Å²) in [5.41, 5.74) is 5.19. The highest BCUT2D eigenvalue weighted by atomic mass is 35.5. The van der Waals surface area contributed by atoms with Crippen molar-refractivity contribution in [2.24, 2.45) is 0 Å². The average molecular weight is 504 g/mol. The van der Waals surface area contributed by atoms with Crippen LogP contribution in [0.1, 0.15) is 56.6 Å². The van der Waals surface area contributed by atoms with E-state index in [1.54, 1.807) is 23.6 Å². The fraction of sp³-hybridized carbons (Fsp3) is 0.259. The molecule has 4 aromatic rings. The Morgan fingerprint density at radius 1 is 1.09 bits per heavy atom. The molecule has 0 fully saturated rings. The van der Waals surface area contributed by atoms with Crippen LogP contribution >= 0.6 is 22.9 Å². The van der Waals surface area contributed by atoms with Crippen LogP contribution in [0.2, 0.25) is 5.02 Å². The molecule has 1 aliphatic carbocycles. The smallest absolute Gasteiger partial charge is 0.253 e. The highest BCUT2D eigenvalue weighted by Crippen LogP contribution is 2.35. The lowest BCUT2D eigenvalue weighted by Gasteiger charge is -2.34. The molecular weight excluding hydrogens is 478 g/mol. The van der Waals surface area contributed by atoms with Gasteiger partial charge in [-0.1, -0.05) is 41.9 Å². The van der Waals surface area contributed by atoms with Crippen LogP contribution in [0.15, 0.2) is 72.6 Å². The predicted molar refractivity (Wildman–Crippen MR) is 138 cm³/mol. The summed E-state index contributed by atoms with van der Waals surface area (Å²) < 4.78 is 0. The van der Waals surface area contributed by atoms with Gasteiger partial charge in [0.2, 0.25) is 0 Å². The molecule has 1 N–H and O–H groups in total. The van der Waals surface area contributed by atoms with Gasteiger partial charge in [-0.25, -0.2) is 4.98 Å². The van der Waals surface area contributed by atoms with Crippen LogP contribution < -0.4 is 5.32 Å². The largest absolute Gasteiger partial charge is 0.348 e. The van der Waals surface area contributed by atoms with Crippen LogP contribution in [0, 0.1) is 0 Å². The van der Waals surface area contributed by atoms with Crippen LogP contribution in [0.25, 0.3) is 0 Å². The number of halogens is 1. The monoisotopic (exact) mass is 503 g/mol. The number of nitrogens with one attached hydrogen (secondary N) is 1. The fourth-order valence-corrected chi connectivity index (χ4v) is 5.48. The van der Waals surface area contributed by atoms with Crippen molar-refractivity contribution in [2.45, 2.75) is 44.9 Å². The Hall–Kier alpha value is -3.13. The SMILES string of the molecule is O=C(NCc1cccc(CN(Cc2nccs2)C2CCCc3cccnc32)c1)c1ccncc1Cl. The molecule has 5 rings (SSSR count). The normalized spacial score (nSPS) is 15.1. The number of fused-ring (bicyclic) bond motifs is 1. The minimum atomic E-state index is -0.210. The summed E-state index contributed by atoms with van der Waals surface area (Å²) in [7, 11) is 0. The summed E-state index contributed by atoms with van der Waals surface area (Å²) in [4.78, 5) is 28.3. The van der Waals surface area contributed by atoms with Crippen LogP contribution in [-0.4, -0.2) is 25.8 Å². The number of hydrogen-bond acceptors (Lipinski definition) is 6. The lowest BCUT2D eigenvalue weighted by atomic mass is 9.90. The first kappa shape index (κ1) is 23.6. The van der Waals surface area contributed by atoms with Crippen molar-refractivity contribution in [3.63, 3.8) is 0 Å². The maximum absolute atomic E-state index is 12.6. The maximum atomic E-state index is 12.6. The number of nitrogens with zero attached hydrogens (tertiary/aromatic N) is 4. The molecule has 1 aromatic carbocycles. The van der Waals surface area contributed by atoms with E-state index in [-0.39, 0.29) is 11.9 Å². The van der Waals surface area contributed by atoms with Crippen molar-refractivity contribution in [3.05, 3.63) is 111 Å². The third kappa shape index (κ3) is 5.75. The van der Waals surface area contributed by atoms with Crippen LogP contribution in [-0.2, 0) is 26.1 Å². The number of pyridine rings is 2. The van der Waals surface area contributed by atoms with Crippen molar-refractivity contribution in [1.29, 1.82) is 0 Å². The molecule has 0 spiro atoms. The molecule has 3 heterocycles. The molecule has 0 saturated carbocycles. The first-order valence-corrected chi connectivity index (χ1v) is 12.9. The molecule has 0 saturated heterocycles.